The van der Waals surface area contributed by atoms with E-state index in [1.54, 1.807) is 12.3 Å². The number of carbonyl (C=O) groups excluding carboxylic acids is 1. The van der Waals surface area contributed by atoms with Crippen molar-refractivity contribution in [2.45, 2.75) is 58.3 Å². The van der Waals surface area contributed by atoms with Gasteiger partial charge >= 0.3 is 6.09 Å². The standard InChI is InChI=1S/C16H25N3O3/c1-11-9-12(7-8-21-11)18-13-5-6-14(17-10-13)19-15(20)22-16(2,3)4/h5-6,10-12,18H,7-9H2,1-4H3,(H,17,19,20). The highest BCUT2D eigenvalue weighted by molar-refractivity contribution is 5.83. The third kappa shape index (κ3) is 5.52. The molecule has 0 bridgehead atoms. The molecule has 1 aliphatic rings. The van der Waals surface area contributed by atoms with Gasteiger partial charge in [-0.25, -0.2) is 9.78 Å². The number of nitrogens with one attached hydrogen (secondary N) is 2. The van der Waals surface area contributed by atoms with E-state index < -0.39 is 11.7 Å². The topological polar surface area (TPSA) is 72.5 Å². The van der Waals surface area contributed by atoms with Gasteiger partial charge in [-0.1, -0.05) is 0 Å². The third-order valence-electron chi connectivity index (χ3n) is 3.25. The van der Waals surface area contributed by atoms with Crippen LogP contribution in [-0.4, -0.2) is 35.4 Å². The lowest BCUT2D eigenvalue weighted by Crippen LogP contribution is -2.32. The normalized spacial score (nSPS) is 22.0. The second-order valence-corrected chi connectivity index (χ2v) is 6.61. The first kappa shape index (κ1) is 16.5. The Morgan fingerprint density at radius 1 is 1.41 bits per heavy atom. The van der Waals surface area contributed by atoms with Crippen LogP contribution in [0.25, 0.3) is 0 Å². The maximum absolute atomic E-state index is 11.7. The summed E-state index contributed by atoms with van der Waals surface area (Å²) < 4.78 is 10.7. The van der Waals surface area contributed by atoms with E-state index in [1.807, 2.05) is 26.8 Å². The predicted molar refractivity (Wildman–Crippen MR) is 86.2 cm³/mol. The van der Waals surface area contributed by atoms with E-state index in [2.05, 4.69) is 22.5 Å². The molecule has 22 heavy (non-hydrogen) atoms. The fourth-order valence-corrected chi connectivity index (χ4v) is 2.33. The molecule has 2 atom stereocenters. The summed E-state index contributed by atoms with van der Waals surface area (Å²) in [6.45, 7) is 8.33. The van der Waals surface area contributed by atoms with Crippen molar-refractivity contribution < 1.29 is 14.3 Å². The zero-order chi connectivity index (χ0) is 16.2. The molecule has 6 nitrogen and oxygen atoms in total. The molecule has 1 aliphatic heterocycles. The van der Waals surface area contributed by atoms with E-state index in [-0.39, 0.29) is 6.10 Å². The number of nitrogens with zero attached hydrogens (tertiary/aromatic N) is 1. The molecule has 1 aromatic rings. The van der Waals surface area contributed by atoms with Crippen LogP contribution in [0.3, 0.4) is 0 Å². The number of ether oxygens (including phenoxy) is 2. The smallest absolute Gasteiger partial charge is 0.413 e. The highest BCUT2D eigenvalue weighted by atomic mass is 16.6. The Balaban J connectivity index is 1.86. The Morgan fingerprint density at radius 3 is 2.77 bits per heavy atom. The average molecular weight is 307 g/mol. The van der Waals surface area contributed by atoms with Crippen LogP contribution in [-0.2, 0) is 9.47 Å². The molecule has 1 saturated heterocycles. The summed E-state index contributed by atoms with van der Waals surface area (Å²) in [6, 6.07) is 4.06. The van der Waals surface area contributed by atoms with Crippen molar-refractivity contribution >= 4 is 17.6 Å². The first-order valence-corrected chi connectivity index (χ1v) is 7.66. The van der Waals surface area contributed by atoms with Crippen molar-refractivity contribution in [2.75, 3.05) is 17.2 Å². The molecule has 1 amide bonds. The molecule has 2 rings (SSSR count). The molecule has 1 fully saturated rings. The predicted octanol–water partition coefficient (Wildman–Crippen LogP) is 3.41. The zero-order valence-corrected chi connectivity index (χ0v) is 13.7. The van der Waals surface area contributed by atoms with Crippen molar-refractivity contribution in [2.24, 2.45) is 0 Å². The fraction of sp³-hybridized carbons (Fsp3) is 0.625. The molecule has 0 saturated carbocycles. The van der Waals surface area contributed by atoms with E-state index in [4.69, 9.17) is 9.47 Å². The molecule has 1 aromatic heterocycles. The molecule has 122 valence electrons. The summed E-state index contributed by atoms with van der Waals surface area (Å²) in [5.41, 5.74) is 0.416. The molecule has 2 N–H and O–H groups in total. The van der Waals surface area contributed by atoms with Gasteiger partial charge in [0.15, 0.2) is 0 Å². The van der Waals surface area contributed by atoms with Gasteiger partial charge in [0.2, 0.25) is 0 Å². The van der Waals surface area contributed by atoms with Crippen molar-refractivity contribution in [1.82, 2.24) is 4.98 Å². The fourth-order valence-electron chi connectivity index (χ4n) is 2.33. The van der Waals surface area contributed by atoms with Crippen molar-refractivity contribution in [3.8, 4) is 0 Å². The molecule has 0 spiro atoms. The summed E-state index contributed by atoms with van der Waals surface area (Å²) in [5.74, 6) is 0.472. The van der Waals surface area contributed by atoms with E-state index in [0.717, 1.165) is 25.1 Å². The number of aromatic nitrogens is 1. The van der Waals surface area contributed by atoms with E-state index in [0.29, 0.717) is 11.9 Å². The molecule has 0 aliphatic carbocycles. The Kier molecular flexibility index (Phi) is 5.24. The lowest BCUT2D eigenvalue weighted by atomic mass is 10.0. The van der Waals surface area contributed by atoms with Crippen molar-refractivity contribution in [3.63, 3.8) is 0 Å². The Morgan fingerprint density at radius 2 is 2.18 bits per heavy atom. The van der Waals surface area contributed by atoms with Gasteiger partial charge < -0.3 is 14.8 Å². The number of anilines is 2. The average Bonchev–Trinajstić information content (AvgIpc) is 2.39. The minimum atomic E-state index is -0.522. The van der Waals surface area contributed by atoms with E-state index in [9.17, 15) is 4.79 Å². The number of carbonyl (C=O) groups is 1. The van der Waals surface area contributed by atoms with Gasteiger partial charge in [0.25, 0.3) is 0 Å². The number of hydrogen-bond donors (Lipinski definition) is 2. The molecular formula is C16H25N3O3. The monoisotopic (exact) mass is 307 g/mol. The van der Waals surface area contributed by atoms with Crippen LogP contribution >= 0.6 is 0 Å². The summed E-state index contributed by atoms with van der Waals surface area (Å²) in [5, 5.41) is 6.06. The van der Waals surface area contributed by atoms with Crippen LogP contribution in [0.15, 0.2) is 18.3 Å². The number of rotatable bonds is 3. The molecule has 2 heterocycles. The molecule has 2 unspecified atom stereocenters. The second kappa shape index (κ2) is 6.96. The Hall–Kier alpha value is -1.82. The van der Waals surface area contributed by atoms with Gasteiger partial charge in [0, 0.05) is 12.6 Å². The van der Waals surface area contributed by atoms with Gasteiger partial charge in [-0.15, -0.1) is 0 Å². The van der Waals surface area contributed by atoms with Gasteiger partial charge in [0.1, 0.15) is 11.4 Å². The summed E-state index contributed by atoms with van der Waals surface area (Å²) in [6.07, 6.45) is 3.47. The third-order valence-corrected chi connectivity index (χ3v) is 3.25. The van der Waals surface area contributed by atoms with Crippen LogP contribution in [0.5, 0.6) is 0 Å². The maximum atomic E-state index is 11.7. The number of pyridine rings is 1. The van der Waals surface area contributed by atoms with E-state index >= 15 is 0 Å². The van der Waals surface area contributed by atoms with Crippen LogP contribution in [0, 0.1) is 0 Å². The van der Waals surface area contributed by atoms with Crippen LogP contribution in [0.2, 0.25) is 0 Å². The lowest BCUT2D eigenvalue weighted by Gasteiger charge is -2.28. The summed E-state index contributed by atoms with van der Waals surface area (Å²) >= 11 is 0. The molecule has 0 radical (unpaired) electrons. The first-order valence-electron chi connectivity index (χ1n) is 7.66. The minimum Gasteiger partial charge on any atom is -0.444 e. The number of amides is 1. The van der Waals surface area contributed by atoms with Crippen LogP contribution in [0.4, 0.5) is 16.3 Å². The van der Waals surface area contributed by atoms with Crippen LogP contribution < -0.4 is 10.6 Å². The molecular weight excluding hydrogens is 282 g/mol. The lowest BCUT2D eigenvalue weighted by molar-refractivity contribution is 0.0232. The van der Waals surface area contributed by atoms with Gasteiger partial charge in [-0.05, 0) is 52.7 Å². The van der Waals surface area contributed by atoms with E-state index in [1.165, 1.54) is 0 Å². The highest BCUT2D eigenvalue weighted by Crippen LogP contribution is 2.19. The van der Waals surface area contributed by atoms with Crippen LogP contribution in [0.1, 0.15) is 40.5 Å². The summed E-state index contributed by atoms with van der Waals surface area (Å²) in [7, 11) is 0. The Labute approximate surface area is 131 Å². The first-order chi connectivity index (χ1) is 10.3. The van der Waals surface area contributed by atoms with Gasteiger partial charge in [0.05, 0.1) is 18.0 Å². The molecule has 6 heteroatoms. The minimum absolute atomic E-state index is 0.285. The largest absolute Gasteiger partial charge is 0.444 e. The SMILES string of the molecule is CC1CC(Nc2ccc(NC(=O)OC(C)(C)C)nc2)CCO1. The van der Waals surface area contributed by atoms with Gasteiger partial charge in [-0.2, -0.15) is 0 Å². The second-order valence-electron chi connectivity index (χ2n) is 6.61. The highest BCUT2D eigenvalue weighted by Gasteiger charge is 2.19. The summed E-state index contributed by atoms with van der Waals surface area (Å²) in [4.78, 5) is 15.9. The van der Waals surface area contributed by atoms with Crippen molar-refractivity contribution in [1.29, 1.82) is 0 Å². The maximum Gasteiger partial charge on any atom is 0.413 e. The zero-order valence-electron chi connectivity index (χ0n) is 13.7. The van der Waals surface area contributed by atoms with Gasteiger partial charge in [-0.3, -0.25) is 5.32 Å². The quantitative estimate of drug-likeness (QED) is 0.895. The molecule has 0 aromatic carbocycles. The van der Waals surface area contributed by atoms with Crippen molar-refractivity contribution in [3.05, 3.63) is 18.3 Å². The number of hydrogen-bond acceptors (Lipinski definition) is 5. The Bertz CT molecular complexity index is 496.